The van der Waals surface area contributed by atoms with Crippen LogP contribution in [0.5, 0.6) is 11.5 Å². The van der Waals surface area contributed by atoms with Crippen LogP contribution >= 0.6 is 15.9 Å². The molecule has 0 bridgehead atoms. The van der Waals surface area contributed by atoms with E-state index in [9.17, 15) is 24.5 Å². The van der Waals surface area contributed by atoms with E-state index in [1.165, 1.54) is 19.3 Å². The maximum absolute atomic E-state index is 13.8. The number of carbonyl (C=O) groups is 3. The van der Waals surface area contributed by atoms with Crippen molar-refractivity contribution >= 4 is 45.1 Å². The van der Waals surface area contributed by atoms with Gasteiger partial charge in [-0.15, -0.1) is 0 Å². The second kappa shape index (κ2) is 18.6. The normalized spacial score (nSPS) is 16.0. The topological polar surface area (TPSA) is 158 Å². The minimum absolute atomic E-state index is 0.187. The lowest BCUT2D eigenvalue weighted by atomic mass is 9.76. The first-order valence-corrected chi connectivity index (χ1v) is 17.7. The molecular weight excluding hydrogens is 744 g/mol. The van der Waals surface area contributed by atoms with Crippen molar-refractivity contribution in [3.05, 3.63) is 153 Å². The molecule has 0 fully saturated rings. The molecule has 0 saturated carbocycles. The maximum Gasteiger partial charge on any atom is 0.338 e. The number of ether oxygens (including phenoxy) is 3. The summed E-state index contributed by atoms with van der Waals surface area (Å²) >= 11 is 3.39. The smallest absolute Gasteiger partial charge is 0.338 e. The van der Waals surface area contributed by atoms with Crippen LogP contribution in [0.25, 0.3) is 0 Å². The Morgan fingerprint density at radius 1 is 0.887 bits per heavy atom. The van der Waals surface area contributed by atoms with E-state index in [4.69, 9.17) is 14.2 Å². The number of nitrogens with zero attached hydrogens (tertiary/aromatic N) is 1. The molecule has 12 nitrogen and oxygen atoms in total. The SMILES string of the molecule is COc1cc(CC(=O)C2([N+](=O)[O-])C=CC=C[C@H]2CNCCCOc2ccc(C(=O)OCc3ccccc3)cc2)ccc1NC(=O)Nc1ccccc1Br. The summed E-state index contributed by atoms with van der Waals surface area (Å²) in [6, 6.07) is 27.6. The number of amides is 2. The van der Waals surface area contributed by atoms with Gasteiger partial charge < -0.3 is 30.2 Å². The molecule has 53 heavy (non-hydrogen) atoms. The monoisotopic (exact) mass is 782 g/mol. The highest BCUT2D eigenvalue weighted by Gasteiger charge is 2.54. The molecule has 0 aromatic heterocycles. The number of halogens is 1. The molecule has 1 aliphatic rings. The van der Waals surface area contributed by atoms with E-state index in [0.29, 0.717) is 58.0 Å². The van der Waals surface area contributed by atoms with Crippen LogP contribution in [0.3, 0.4) is 0 Å². The number of urea groups is 1. The standard InChI is InChI=1S/C40H39BrN4O8/c1-51-36-24-29(15-20-35(36)44-39(48)43-34-14-6-5-13-33(34)41)25-37(46)40(45(49)50)21-8-7-12-31(40)26-42-22-9-23-52-32-18-16-30(17-19-32)38(47)53-27-28-10-3-2-4-11-28/h2-8,10-21,24,31,42H,9,22-23,25-27H2,1H3,(H2,43,44,48)/t31-,40?/m0/s1. The Hall–Kier alpha value is -5.79. The largest absolute Gasteiger partial charge is 0.495 e. The fourth-order valence-electron chi connectivity index (χ4n) is 5.75. The summed E-state index contributed by atoms with van der Waals surface area (Å²) in [4.78, 5) is 50.9. The van der Waals surface area contributed by atoms with Gasteiger partial charge in [0, 0.05) is 28.4 Å². The summed E-state index contributed by atoms with van der Waals surface area (Å²) in [5, 5.41) is 21.3. The van der Waals surface area contributed by atoms with Crippen LogP contribution in [0.15, 0.2) is 126 Å². The average Bonchev–Trinajstić information content (AvgIpc) is 3.17. The summed E-state index contributed by atoms with van der Waals surface area (Å²) < 4.78 is 17.4. The molecule has 1 unspecified atom stereocenters. The van der Waals surface area contributed by atoms with Crippen LogP contribution in [-0.4, -0.2) is 55.1 Å². The summed E-state index contributed by atoms with van der Waals surface area (Å²) in [6.45, 7) is 1.22. The first kappa shape index (κ1) is 38.4. The molecule has 1 aliphatic carbocycles. The molecule has 0 heterocycles. The Bertz CT molecular complexity index is 1970. The molecule has 4 aromatic rings. The van der Waals surface area contributed by atoms with E-state index < -0.39 is 34.2 Å². The van der Waals surface area contributed by atoms with Crippen molar-refractivity contribution in [2.75, 3.05) is 37.4 Å². The third-order valence-electron chi connectivity index (χ3n) is 8.55. The molecule has 2 atom stereocenters. The summed E-state index contributed by atoms with van der Waals surface area (Å²) in [5.41, 5.74) is 0.771. The quantitative estimate of drug-likeness (QED) is 0.0430. The Labute approximate surface area is 315 Å². The minimum atomic E-state index is -1.98. The van der Waals surface area contributed by atoms with E-state index in [1.54, 1.807) is 72.8 Å². The van der Waals surface area contributed by atoms with Crippen LogP contribution in [0, 0.1) is 16.0 Å². The van der Waals surface area contributed by atoms with Crippen molar-refractivity contribution in [2.45, 2.75) is 25.0 Å². The van der Waals surface area contributed by atoms with Gasteiger partial charge in [-0.05, 0) is 88.6 Å². The first-order chi connectivity index (χ1) is 25.7. The van der Waals surface area contributed by atoms with Gasteiger partial charge in [0.15, 0.2) is 0 Å². The molecule has 5 rings (SSSR count). The van der Waals surface area contributed by atoms with Crippen LogP contribution in [0.4, 0.5) is 16.2 Å². The molecule has 4 aromatic carbocycles. The van der Waals surface area contributed by atoms with Gasteiger partial charge in [-0.25, -0.2) is 9.59 Å². The Morgan fingerprint density at radius 2 is 1.62 bits per heavy atom. The van der Waals surface area contributed by atoms with Crippen molar-refractivity contribution < 1.29 is 33.5 Å². The Balaban J connectivity index is 1.10. The highest BCUT2D eigenvalue weighted by molar-refractivity contribution is 9.10. The van der Waals surface area contributed by atoms with Gasteiger partial charge >= 0.3 is 17.5 Å². The molecule has 0 saturated heterocycles. The van der Waals surface area contributed by atoms with Crippen LogP contribution in [0.2, 0.25) is 0 Å². The predicted molar refractivity (Wildman–Crippen MR) is 205 cm³/mol. The van der Waals surface area contributed by atoms with E-state index in [-0.39, 0.29) is 19.6 Å². The van der Waals surface area contributed by atoms with E-state index in [1.807, 2.05) is 36.4 Å². The molecule has 2 amide bonds. The van der Waals surface area contributed by atoms with E-state index in [0.717, 1.165) is 5.56 Å². The third-order valence-corrected chi connectivity index (χ3v) is 9.24. The van der Waals surface area contributed by atoms with Crippen molar-refractivity contribution in [1.82, 2.24) is 5.32 Å². The Morgan fingerprint density at radius 3 is 2.36 bits per heavy atom. The molecule has 0 spiro atoms. The second-order valence-electron chi connectivity index (χ2n) is 12.1. The number of rotatable bonds is 17. The molecule has 3 N–H and O–H groups in total. The number of ketones is 1. The zero-order chi connectivity index (χ0) is 37.6. The fourth-order valence-corrected chi connectivity index (χ4v) is 6.13. The molecule has 274 valence electrons. The van der Waals surface area contributed by atoms with Crippen molar-refractivity contribution in [1.29, 1.82) is 0 Å². The third kappa shape index (κ3) is 10.2. The van der Waals surface area contributed by atoms with Gasteiger partial charge in [0.25, 0.3) is 0 Å². The van der Waals surface area contributed by atoms with E-state index in [2.05, 4.69) is 31.9 Å². The number of nitrogens with one attached hydrogen (secondary N) is 3. The summed E-state index contributed by atoms with van der Waals surface area (Å²) in [7, 11) is 1.43. The van der Waals surface area contributed by atoms with Crippen LogP contribution < -0.4 is 25.4 Å². The number of esters is 1. The van der Waals surface area contributed by atoms with Gasteiger partial charge in [0.2, 0.25) is 5.78 Å². The van der Waals surface area contributed by atoms with Crippen molar-refractivity contribution in [2.24, 2.45) is 5.92 Å². The number of hydrogen-bond donors (Lipinski definition) is 3. The zero-order valence-electron chi connectivity index (χ0n) is 29.0. The van der Waals surface area contributed by atoms with Crippen LogP contribution in [0.1, 0.15) is 27.9 Å². The highest BCUT2D eigenvalue weighted by Crippen LogP contribution is 2.32. The number of nitro groups is 1. The van der Waals surface area contributed by atoms with Gasteiger partial charge in [0.1, 0.15) is 18.1 Å². The number of methoxy groups -OCH3 is 1. The average molecular weight is 784 g/mol. The number of anilines is 2. The van der Waals surface area contributed by atoms with Gasteiger partial charge in [-0.2, -0.15) is 0 Å². The number of benzene rings is 4. The number of hydrogen-bond acceptors (Lipinski definition) is 9. The van der Waals surface area contributed by atoms with Gasteiger partial charge in [-0.1, -0.05) is 66.8 Å². The van der Waals surface area contributed by atoms with Crippen LogP contribution in [-0.2, 0) is 22.6 Å². The predicted octanol–water partition coefficient (Wildman–Crippen LogP) is 7.39. The van der Waals surface area contributed by atoms with Crippen molar-refractivity contribution in [3.8, 4) is 11.5 Å². The maximum atomic E-state index is 13.8. The minimum Gasteiger partial charge on any atom is -0.495 e. The molecule has 0 aliphatic heterocycles. The van der Waals surface area contributed by atoms with Gasteiger partial charge in [-0.3, -0.25) is 14.9 Å². The van der Waals surface area contributed by atoms with Crippen molar-refractivity contribution in [3.63, 3.8) is 0 Å². The first-order valence-electron chi connectivity index (χ1n) is 16.9. The molecule has 0 radical (unpaired) electrons. The van der Waals surface area contributed by atoms with E-state index >= 15 is 0 Å². The number of carbonyl (C=O) groups excluding carboxylic acids is 3. The molecule has 13 heteroatoms. The summed E-state index contributed by atoms with van der Waals surface area (Å²) in [5.74, 6) is -0.865. The summed E-state index contributed by atoms with van der Waals surface area (Å²) in [6.07, 6.45) is 6.62. The lowest BCUT2D eigenvalue weighted by molar-refractivity contribution is -0.545. The van der Waals surface area contributed by atoms with Gasteiger partial charge in [0.05, 0.1) is 36.6 Å². The lowest BCUT2D eigenvalue weighted by Crippen LogP contribution is -2.54. The number of Topliss-reactive ketones (excluding diaryl/α,β-unsaturated/α-hetero) is 1. The zero-order valence-corrected chi connectivity index (χ0v) is 30.5. The number of allylic oxidation sites excluding steroid dienone is 2. The second-order valence-corrected chi connectivity index (χ2v) is 13.0. The lowest BCUT2D eigenvalue weighted by Gasteiger charge is -2.29. The molecular formula is C40H39BrN4O8. The number of para-hydroxylation sites is 1. The Kier molecular flexibility index (Phi) is 13.5. The highest BCUT2D eigenvalue weighted by atomic mass is 79.9. The fraction of sp³-hybridized carbons (Fsp3) is 0.225.